The third-order valence-corrected chi connectivity index (χ3v) is 14.0. The summed E-state index contributed by atoms with van der Waals surface area (Å²) in [5, 5.41) is 12.7. The second-order valence-corrected chi connectivity index (χ2v) is 20.4. The molecule has 5 heterocycles. The number of rotatable bonds is 15. The zero-order chi connectivity index (χ0) is 49.2. The highest BCUT2D eigenvalue weighted by atomic mass is 32.2. The van der Waals surface area contributed by atoms with Crippen LogP contribution >= 0.6 is 58.8 Å². The van der Waals surface area contributed by atoms with Gasteiger partial charge in [-0.15, -0.1) is 0 Å². The first-order valence-corrected chi connectivity index (χ1v) is 25.0. The lowest BCUT2D eigenvalue weighted by atomic mass is 10.1. The number of thioether (sulfide) groups is 5. The summed E-state index contributed by atoms with van der Waals surface area (Å²) in [7, 11) is 0. The van der Waals surface area contributed by atoms with Crippen LogP contribution in [-0.4, -0.2) is 146 Å². The molecule has 5 rings (SSSR count). The van der Waals surface area contributed by atoms with Crippen LogP contribution in [0.5, 0.6) is 0 Å². The summed E-state index contributed by atoms with van der Waals surface area (Å²) in [6.07, 6.45) is 1.50. The van der Waals surface area contributed by atoms with Crippen molar-refractivity contribution in [1.29, 1.82) is 0 Å². The molecule has 65 heavy (non-hydrogen) atoms. The number of carbonyl (C=O) groups excluding carboxylic acids is 15. The van der Waals surface area contributed by atoms with Crippen LogP contribution in [0.25, 0.3) is 0 Å². The third kappa shape index (κ3) is 27.1. The zero-order valence-corrected chi connectivity index (χ0v) is 40.7. The molecule has 5 saturated heterocycles. The normalized spacial score (nSPS) is 21.6. The third-order valence-electron chi connectivity index (χ3n) is 8.70. The van der Waals surface area contributed by atoms with Crippen LogP contribution in [0.4, 0.5) is 0 Å². The molecule has 0 saturated carbocycles. The van der Waals surface area contributed by atoms with Gasteiger partial charge < -0.3 is 26.6 Å². The number of carbonyl (C=O) groups is 15. The molecule has 0 bridgehead atoms. The number of nitrogens with one attached hydrogen (secondary N) is 5. The van der Waals surface area contributed by atoms with Gasteiger partial charge in [0.25, 0.3) is 0 Å². The Bertz CT molecular complexity index is 1590. The van der Waals surface area contributed by atoms with Crippen LogP contribution in [0.2, 0.25) is 0 Å². The Morgan fingerprint density at radius 3 is 0.569 bits per heavy atom. The summed E-state index contributed by atoms with van der Waals surface area (Å²) in [6.45, 7) is 7.38. The summed E-state index contributed by atoms with van der Waals surface area (Å²) in [6, 6.07) is 0. The fraction of sp³-hybridized carbons (Fsp3) is 0.625. The topological polar surface area (TPSA) is 316 Å². The Hall–Kier alpha value is -4.20. The predicted molar refractivity (Wildman–Crippen MR) is 257 cm³/mol. The average molecular weight is 1020 g/mol. The summed E-state index contributed by atoms with van der Waals surface area (Å²) in [4.78, 5) is 163. The number of ketones is 5. The SMILES string of the molecule is CC(=O)CNC(=O)[C@H]1CSC(=O)C1.CC(=O)CNC(=O)[C@H]1CSC(=O)C1.CC(=O)CNC(=O)[C@H]1CSC(=O)C1.CC(=O)CNC(=O)[C@H]1CSC(=O)C1.CC(=O)CNC(=O)[C@H]1CSC(=O)C1.[HH].[HH].[HH].[HH].[HH]. The molecule has 5 fully saturated rings. The van der Waals surface area contributed by atoms with Crippen molar-refractivity contribution < 1.29 is 79.1 Å². The van der Waals surface area contributed by atoms with Gasteiger partial charge in [-0.3, -0.25) is 71.9 Å². The van der Waals surface area contributed by atoms with Crippen LogP contribution in [0.3, 0.4) is 0 Å². The van der Waals surface area contributed by atoms with Gasteiger partial charge in [-0.1, -0.05) is 58.8 Å². The minimum Gasteiger partial charge on any atom is -0.349 e. The maximum absolute atomic E-state index is 11.3. The minimum atomic E-state index is -0.239. The van der Waals surface area contributed by atoms with Crippen molar-refractivity contribution in [2.45, 2.75) is 66.7 Å². The van der Waals surface area contributed by atoms with Crippen molar-refractivity contribution >= 4 is 143 Å². The second-order valence-electron chi connectivity index (χ2n) is 15.0. The van der Waals surface area contributed by atoms with Crippen molar-refractivity contribution in [3.05, 3.63) is 0 Å². The standard InChI is InChI=1S/5C8H11NO3S.5H2/c5*1-5(10)3-9-8(12)6-2-7(11)13-4-6;;;;;/h5*6H,2-4H2,1H3,(H,9,12);5*1H/t5*6-;;;;;/m11111...../s1. The molecule has 5 aliphatic heterocycles. The van der Waals surface area contributed by atoms with Crippen LogP contribution < -0.4 is 26.6 Å². The van der Waals surface area contributed by atoms with E-state index in [0.717, 1.165) is 0 Å². The smallest absolute Gasteiger partial charge is 0.224 e. The Labute approximate surface area is 404 Å². The van der Waals surface area contributed by atoms with Gasteiger partial charge in [-0.2, -0.15) is 0 Å². The van der Waals surface area contributed by atoms with Gasteiger partial charge in [0.05, 0.1) is 62.3 Å². The maximum Gasteiger partial charge on any atom is 0.224 e. The van der Waals surface area contributed by atoms with Gasteiger partial charge in [0.15, 0.2) is 25.6 Å². The highest BCUT2D eigenvalue weighted by molar-refractivity contribution is 8.15. The molecule has 20 nitrogen and oxygen atoms in total. The van der Waals surface area contributed by atoms with E-state index in [1.807, 2.05) is 0 Å². The summed E-state index contributed by atoms with van der Waals surface area (Å²) < 4.78 is 0. The lowest BCUT2D eigenvalue weighted by Gasteiger charge is -2.06. The molecule has 5 aliphatic rings. The number of hydrogen-bond donors (Lipinski definition) is 5. The molecule has 0 aromatic carbocycles. The number of hydrogen-bond acceptors (Lipinski definition) is 20. The zero-order valence-electron chi connectivity index (χ0n) is 36.7. The fourth-order valence-electron chi connectivity index (χ4n) is 5.18. The van der Waals surface area contributed by atoms with E-state index in [-0.39, 0.29) is 153 Å². The monoisotopic (exact) mass is 1020 g/mol. The molecular formula is C40H65N5O15S5. The molecule has 0 unspecified atom stereocenters. The van der Waals surface area contributed by atoms with E-state index in [4.69, 9.17) is 0 Å². The summed E-state index contributed by atoms with van der Waals surface area (Å²) in [5.74, 6) is 0.201. The molecule has 5 N–H and O–H groups in total. The van der Waals surface area contributed by atoms with Gasteiger partial charge in [-0.05, 0) is 34.6 Å². The molecule has 25 heteroatoms. The number of Topliss-reactive ketones (excluding diaryl/α,β-unsaturated/α-hetero) is 5. The first-order chi connectivity index (χ1) is 30.5. The Balaban J connectivity index is -0.000000247. The Morgan fingerprint density at radius 2 is 0.477 bits per heavy atom. The molecule has 5 atom stereocenters. The summed E-state index contributed by atoms with van der Waals surface area (Å²) >= 11 is 5.92. The van der Waals surface area contributed by atoms with Crippen LogP contribution in [-0.2, 0) is 71.9 Å². The van der Waals surface area contributed by atoms with E-state index >= 15 is 0 Å². The Kier molecular flexibility index (Phi) is 28.7. The van der Waals surface area contributed by atoms with E-state index < -0.39 is 0 Å². The van der Waals surface area contributed by atoms with E-state index in [1.54, 1.807) is 0 Å². The van der Waals surface area contributed by atoms with E-state index in [2.05, 4.69) is 26.6 Å². The van der Waals surface area contributed by atoms with Crippen LogP contribution in [0, 0.1) is 29.6 Å². The molecule has 5 amide bonds. The highest BCUT2D eigenvalue weighted by Crippen LogP contribution is 2.28. The van der Waals surface area contributed by atoms with Gasteiger partial charge in [-0.25, -0.2) is 0 Å². The molecule has 0 aromatic rings. The largest absolute Gasteiger partial charge is 0.349 e. The summed E-state index contributed by atoms with van der Waals surface area (Å²) in [5.41, 5.74) is 0. The predicted octanol–water partition coefficient (Wildman–Crippen LogP) is 1.09. The first kappa shape index (κ1) is 58.8. The molecule has 370 valence electrons. The minimum absolute atomic E-state index is 0. The second kappa shape index (κ2) is 31.7. The van der Waals surface area contributed by atoms with Crippen molar-refractivity contribution in [2.75, 3.05) is 61.5 Å². The average Bonchev–Trinajstić information content (AvgIpc) is 4.11. The van der Waals surface area contributed by atoms with Gasteiger partial charge >= 0.3 is 0 Å². The molecule has 0 spiro atoms. The first-order valence-electron chi connectivity index (χ1n) is 20.1. The van der Waals surface area contributed by atoms with Crippen LogP contribution in [0.15, 0.2) is 0 Å². The lowest BCUT2D eigenvalue weighted by Crippen LogP contribution is -2.34. The van der Waals surface area contributed by atoms with Crippen molar-refractivity contribution in [3.63, 3.8) is 0 Å². The van der Waals surface area contributed by atoms with E-state index in [0.29, 0.717) is 60.9 Å². The molecular weight excluding hydrogens is 951 g/mol. The molecule has 0 aromatic heterocycles. The Morgan fingerprint density at radius 1 is 0.338 bits per heavy atom. The molecule has 0 radical (unpaired) electrons. The quantitative estimate of drug-likeness (QED) is 0.153. The molecule has 0 aliphatic carbocycles. The number of amides is 5. The fourth-order valence-corrected chi connectivity index (χ4v) is 10.1. The van der Waals surface area contributed by atoms with Gasteiger partial charge in [0, 0.05) is 68.0 Å². The van der Waals surface area contributed by atoms with E-state index in [9.17, 15) is 71.9 Å². The van der Waals surface area contributed by atoms with Gasteiger partial charge in [0.2, 0.25) is 29.5 Å². The van der Waals surface area contributed by atoms with Crippen LogP contribution in [0.1, 0.15) is 73.9 Å². The lowest BCUT2D eigenvalue weighted by molar-refractivity contribution is -0.128. The van der Waals surface area contributed by atoms with Crippen molar-refractivity contribution in [1.82, 2.24) is 26.6 Å². The van der Waals surface area contributed by atoms with E-state index in [1.165, 1.54) is 93.4 Å². The highest BCUT2D eigenvalue weighted by Gasteiger charge is 2.32. The van der Waals surface area contributed by atoms with Gasteiger partial charge in [0.1, 0.15) is 28.9 Å². The van der Waals surface area contributed by atoms with Crippen molar-refractivity contribution in [2.24, 2.45) is 29.6 Å². The maximum atomic E-state index is 11.3. The van der Waals surface area contributed by atoms with Crippen molar-refractivity contribution in [3.8, 4) is 0 Å².